The molecule has 0 spiro atoms. The van der Waals surface area contributed by atoms with Crippen LogP contribution in [-0.4, -0.2) is 25.1 Å². The molecule has 0 atom stereocenters. The molecular formula is C22H19Cl2NO4. The van der Waals surface area contributed by atoms with Gasteiger partial charge in [0.25, 0.3) is 5.91 Å². The molecule has 7 heteroatoms. The van der Waals surface area contributed by atoms with Crippen molar-refractivity contribution in [1.82, 2.24) is 0 Å². The van der Waals surface area contributed by atoms with Crippen molar-refractivity contribution in [2.45, 2.75) is 12.8 Å². The number of carbonyl (C=O) groups is 2. The Morgan fingerprint density at radius 1 is 0.966 bits per heavy atom. The molecule has 1 amide bonds. The fraction of sp³-hybridized carbons (Fsp3) is 0.182. The molecule has 3 rings (SSSR count). The van der Waals surface area contributed by atoms with Crippen LogP contribution in [0.15, 0.2) is 60.7 Å². The van der Waals surface area contributed by atoms with Crippen LogP contribution >= 0.6 is 23.2 Å². The second kappa shape index (κ2) is 10.1. The highest BCUT2D eigenvalue weighted by Gasteiger charge is 2.10. The fourth-order valence-corrected chi connectivity index (χ4v) is 3.19. The van der Waals surface area contributed by atoms with Gasteiger partial charge < -0.3 is 14.8 Å². The van der Waals surface area contributed by atoms with Crippen LogP contribution < -0.4 is 10.1 Å². The van der Waals surface area contributed by atoms with Gasteiger partial charge in [-0.05, 0) is 36.1 Å². The predicted octanol–water partition coefficient (Wildman–Crippen LogP) is 5.49. The molecular weight excluding hydrogens is 413 g/mol. The monoisotopic (exact) mass is 431 g/mol. The zero-order valence-corrected chi connectivity index (χ0v) is 17.0. The van der Waals surface area contributed by atoms with E-state index in [0.29, 0.717) is 34.5 Å². The number of amides is 1. The topological polar surface area (TPSA) is 64.6 Å². The number of halogens is 2. The summed E-state index contributed by atoms with van der Waals surface area (Å²) in [5.41, 5.74) is 0.678. The van der Waals surface area contributed by atoms with Crippen molar-refractivity contribution in [2.24, 2.45) is 0 Å². The largest absolute Gasteiger partial charge is 0.492 e. The zero-order chi connectivity index (χ0) is 20.6. The lowest BCUT2D eigenvalue weighted by atomic mass is 10.1. The molecule has 0 saturated carbocycles. The summed E-state index contributed by atoms with van der Waals surface area (Å²) in [5.74, 6) is -0.360. The van der Waals surface area contributed by atoms with E-state index in [1.807, 2.05) is 36.4 Å². The van der Waals surface area contributed by atoms with Crippen LogP contribution in [0.4, 0.5) is 5.69 Å². The van der Waals surface area contributed by atoms with Gasteiger partial charge in [-0.3, -0.25) is 9.59 Å². The molecule has 3 aromatic carbocycles. The first-order valence-corrected chi connectivity index (χ1v) is 9.79. The van der Waals surface area contributed by atoms with E-state index in [1.165, 1.54) is 0 Å². The van der Waals surface area contributed by atoms with E-state index in [9.17, 15) is 9.59 Å². The molecule has 5 nitrogen and oxygen atoms in total. The number of ether oxygens (including phenoxy) is 2. The Labute approximate surface area is 178 Å². The van der Waals surface area contributed by atoms with E-state index in [-0.39, 0.29) is 18.9 Å². The van der Waals surface area contributed by atoms with Gasteiger partial charge in [-0.15, -0.1) is 0 Å². The highest BCUT2D eigenvalue weighted by molar-refractivity contribution is 6.35. The molecule has 29 heavy (non-hydrogen) atoms. The smallest absolute Gasteiger partial charge is 0.306 e. The lowest BCUT2D eigenvalue weighted by Gasteiger charge is -2.10. The van der Waals surface area contributed by atoms with E-state index in [4.69, 9.17) is 32.7 Å². The molecule has 0 radical (unpaired) electrons. The van der Waals surface area contributed by atoms with Gasteiger partial charge in [0.05, 0.1) is 11.6 Å². The maximum absolute atomic E-state index is 12.1. The van der Waals surface area contributed by atoms with E-state index >= 15 is 0 Å². The minimum atomic E-state index is -0.469. The molecule has 0 aliphatic rings. The van der Waals surface area contributed by atoms with Crippen LogP contribution in [0.25, 0.3) is 10.8 Å². The van der Waals surface area contributed by atoms with Crippen molar-refractivity contribution in [1.29, 1.82) is 0 Å². The molecule has 0 aromatic heterocycles. The molecule has 0 bridgehead atoms. The molecule has 0 aliphatic heterocycles. The molecule has 0 heterocycles. The number of carbonyl (C=O) groups excluding carboxylic acids is 2. The normalized spacial score (nSPS) is 10.6. The van der Waals surface area contributed by atoms with Crippen molar-refractivity contribution >= 4 is 51.5 Å². The Morgan fingerprint density at radius 3 is 2.59 bits per heavy atom. The lowest BCUT2D eigenvalue weighted by Crippen LogP contribution is -2.21. The van der Waals surface area contributed by atoms with Gasteiger partial charge >= 0.3 is 5.97 Å². The van der Waals surface area contributed by atoms with Crippen molar-refractivity contribution in [3.05, 3.63) is 70.7 Å². The first kappa shape index (κ1) is 21.0. The number of fused-ring (bicyclic) bond motifs is 1. The summed E-state index contributed by atoms with van der Waals surface area (Å²) in [5, 5.41) is 5.64. The standard InChI is InChI=1S/C22H19Cl2NO4/c23-16-10-11-20(18(24)13-16)28-12-4-9-22(27)29-14-21(26)25-19-8-3-6-15-5-1-2-7-17(15)19/h1-3,5-8,10-11,13H,4,9,12,14H2,(H,25,26). The van der Waals surface area contributed by atoms with Gasteiger partial charge in [-0.1, -0.05) is 59.6 Å². The quantitative estimate of drug-likeness (QED) is 0.378. The Kier molecular flexibility index (Phi) is 7.33. The van der Waals surface area contributed by atoms with Crippen LogP contribution in [0.1, 0.15) is 12.8 Å². The summed E-state index contributed by atoms with van der Waals surface area (Å²) >= 11 is 11.8. The maximum Gasteiger partial charge on any atom is 0.306 e. The molecule has 3 aromatic rings. The second-order valence-electron chi connectivity index (χ2n) is 6.26. The molecule has 0 fully saturated rings. The third-order valence-corrected chi connectivity index (χ3v) is 4.64. The highest BCUT2D eigenvalue weighted by Crippen LogP contribution is 2.27. The van der Waals surface area contributed by atoms with Crippen LogP contribution in [0.5, 0.6) is 5.75 Å². The van der Waals surface area contributed by atoms with Crippen molar-refractivity contribution in [3.8, 4) is 5.75 Å². The maximum atomic E-state index is 12.1. The Hall–Kier alpha value is -2.76. The van der Waals surface area contributed by atoms with Gasteiger partial charge in [0.1, 0.15) is 5.75 Å². The number of esters is 1. The molecule has 1 N–H and O–H groups in total. The van der Waals surface area contributed by atoms with Gasteiger partial charge in [0.15, 0.2) is 6.61 Å². The SMILES string of the molecule is O=C(COC(=O)CCCOc1ccc(Cl)cc1Cl)Nc1cccc2ccccc12. The van der Waals surface area contributed by atoms with Crippen LogP contribution in [0, 0.1) is 0 Å². The zero-order valence-electron chi connectivity index (χ0n) is 15.5. The van der Waals surface area contributed by atoms with E-state index in [1.54, 1.807) is 24.3 Å². The summed E-state index contributed by atoms with van der Waals surface area (Å²) in [6.45, 7) is -0.0510. The summed E-state index contributed by atoms with van der Waals surface area (Å²) in [6.07, 6.45) is 0.565. The Morgan fingerprint density at radius 2 is 1.76 bits per heavy atom. The fourth-order valence-electron chi connectivity index (χ4n) is 2.73. The summed E-state index contributed by atoms with van der Waals surface area (Å²) in [4.78, 5) is 23.9. The van der Waals surface area contributed by atoms with Crippen molar-refractivity contribution in [2.75, 3.05) is 18.5 Å². The predicted molar refractivity (Wildman–Crippen MR) is 115 cm³/mol. The van der Waals surface area contributed by atoms with E-state index in [0.717, 1.165) is 10.8 Å². The van der Waals surface area contributed by atoms with E-state index < -0.39 is 5.97 Å². The number of benzene rings is 3. The van der Waals surface area contributed by atoms with Crippen LogP contribution in [0.2, 0.25) is 10.0 Å². The summed E-state index contributed by atoms with van der Waals surface area (Å²) in [6, 6.07) is 18.3. The van der Waals surface area contributed by atoms with Gasteiger partial charge in [0, 0.05) is 22.5 Å². The molecule has 0 unspecified atom stereocenters. The number of nitrogens with one attached hydrogen (secondary N) is 1. The van der Waals surface area contributed by atoms with Gasteiger partial charge in [-0.2, -0.15) is 0 Å². The van der Waals surface area contributed by atoms with Crippen molar-refractivity contribution in [3.63, 3.8) is 0 Å². The lowest BCUT2D eigenvalue weighted by molar-refractivity contribution is -0.147. The third kappa shape index (κ3) is 6.11. The molecule has 0 saturated heterocycles. The van der Waals surface area contributed by atoms with Crippen molar-refractivity contribution < 1.29 is 19.1 Å². The first-order chi connectivity index (χ1) is 14.0. The first-order valence-electron chi connectivity index (χ1n) is 9.04. The third-order valence-electron chi connectivity index (χ3n) is 4.10. The van der Waals surface area contributed by atoms with E-state index in [2.05, 4.69) is 5.32 Å². The summed E-state index contributed by atoms with van der Waals surface area (Å²) in [7, 11) is 0. The number of anilines is 1. The second-order valence-corrected chi connectivity index (χ2v) is 7.11. The van der Waals surface area contributed by atoms with Crippen LogP contribution in [0.3, 0.4) is 0 Å². The Bertz CT molecular complexity index is 1020. The van der Waals surface area contributed by atoms with Gasteiger partial charge in [-0.25, -0.2) is 0 Å². The van der Waals surface area contributed by atoms with Gasteiger partial charge in [0.2, 0.25) is 0 Å². The number of hydrogen-bond acceptors (Lipinski definition) is 4. The summed E-state index contributed by atoms with van der Waals surface area (Å²) < 4.78 is 10.5. The Balaban J connectivity index is 1.39. The molecule has 150 valence electrons. The number of hydrogen-bond donors (Lipinski definition) is 1. The van der Waals surface area contributed by atoms with Crippen LogP contribution in [-0.2, 0) is 14.3 Å². The number of rotatable bonds is 8. The average Bonchev–Trinajstić information content (AvgIpc) is 2.71. The minimum Gasteiger partial charge on any atom is -0.492 e. The molecule has 0 aliphatic carbocycles. The minimum absolute atomic E-state index is 0.132. The average molecular weight is 432 g/mol. The highest BCUT2D eigenvalue weighted by atomic mass is 35.5.